The number of fused-ring (bicyclic) bond motifs is 2. The zero-order chi connectivity index (χ0) is 34.3. The molecule has 2 fully saturated rings. The van der Waals surface area contributed by atoms with Gasteiger partial charge in [-0.3, -0.25) is 9.69 Å². The van der Waals surface area contributed by atoms with Crippen molar-refractivity contribution >= 4 is 49.3 Å². The Morgan fingerprint density at radius 2 is 1.85 bits per heavy atom. The maximum absolute atomic E-state index is 16.7. The van der Waals surface area contributed by atoms with Crippen LogP contribution >= 0.6 is 11.3 Å². The number of rotatable bonds is 7. The number of anilines is 2. The molecule has 48 heavy (non-hydrogen) atoms. The van der Waals surface area contributed by atoms with Crippen LogP contribution in [0.2, 0.25) is 0 Å². The minimum atomic E-state index is -5.08. The summed E-state index contributed by atoms with van der Waals surface area (Å²) in [5.41, 5.74) is 2.38. The fourth-order valence-corrected chi connectivity index (χ4v) is 6.92. The molecule has 2 N–H and O–H groups in total. The van der Waals surface area contributed by atoms with E-state index in [0.29, 0.717) is 30.7 Å². The van der Waals surface area contributed by atoms with Crippen LogP contribution in [0.5, 0.6) is 6.01 Å². The highest BCUT2D eigenvalue weighted by Crippen LogP contribution is 2.46. The first-order valence-electron chi connectivity index (χ1n) is 14.9. The Morgan fingerprint density at radius 3 is 2.54 bits per heavy atom. The molecule has 4 heterocycles. The number of hydrogen-bond donors (Lipinski definition) is 1. The van der Waals surface area contributed by atoms with Gasteiger partial charge in [-0.2, -0.15) is 23.1 Å². The lowest BCUT2D eigenvalue weighted by Gasteiger charge is -2.35. The second kappa shape index (κ2) is 13.2. The van der Waals surface area contributed by atoms with Crippen LogP contribution in [0.3, 0.4) is 0 Å². The van der Waals surface area contributed by atoms with Gasteiger partial charge in [-0.1, -0.05) is 17.3 Å². The van der Waals surface area contributed by atoms with Gasteiger partial charge in [0.1, 0.15) is 23.8 Å². The molecule has 254 valence electrons. The van der Waals surface area contributed by atoms with E-state index >= 15 is 4.39 Å². The zero-order valence-electron chi connectivity index (χ0n) is 25.4. The van der Waals surface area contributed by atoms with Crippen LogP contribution in [0.25, 0.3) is 32.2 Å². The van der Waals surface area contributed by atoms with Gasteiger partial charge in [0, 0.05) is 48.7 Å². The fourth-order valence-electron chi connectivity index (χ4n) is 6.16. The first-order valence-corrected chi connectivity index (χ1v) is 15.7. The second-order valence-electron chi connectivity index (χ2n) is 11.3. The lowest BCUT2D eigenvalue weighted by atomic mass is 9.95. The number of nitrogens with two attached hydrogens (primary N) is 1. The summed E-state index contributed by atoms with van der Waals surface area (Å²) in [5.74, 6) is 2.34. The molecule has 2 aromatic heterocycles. The molecule has 2 aliphatic heterocycles. The van der Waals surface area contributed by atoms with Crippen LogP contribution < -0.4 is 15.4 Å². The van der Waals surface area contributed by atoms with E-state index < -0.39 is 59.4 Å². The normalized spacial score (nSPS) is 17.4. The van der Waals surface area contributed by atoms with E-state index in [9.17, 15) is 31.1 Å². The number of ether oxygens (including phenoxy) is 1. The molecule has 9 nitrogen and oxygen atoms in total. The summed E-state index contributed by atoms with van der Waals surface area (Å²) in [4.78, 5) is 29.5. The molecule has 1 amide bonds. The van der Waals surface area contributed by atoms with Crippen molar-refractivity contribution in [2.45, 2.75) is 38.4 Å². The summed E-state index contributed by atoms with van der Waals surface area (Å²) in [6.45, 7) is 1.91. The predicted molar refractivity (Wildman–Crippen MR) is 166 cm³/mol. The number of alkyl halides is 5. The summed E-state index contributed by atoms with van der Waals surface area (Å²) >= 11 is 0.710. The molecule has 2 saturated heterocycles. The fraction of sp³-hybridized carbons (Fsp3) is 0.419. The van der Waals surface area contributed by atoms with Crippen LogP contribution in [0, 0.1) is 23.5 Å². The van der Waals surface area contributed by atoms with E-state index in [1.165, 1.54) is 11.8 Å². The Bertz CT molecular complexity index is 1930. The molecule has 0 saturated carbocycles. The van der Waals surface area contributed by atoms with Crippen LogP contribution in [0.1, 0.15) is 25.3 Å². The summed E-state index contributed by atoms with van der Waals surface area (Å²) < 4.78 is 108. The van der Waals surface area contributed by atoms with Gasteiger partial charge in [-0.15, -0.1) is 0 Å². The summed E-state index contributed by atoms with van der Waals surface area (Å²) in [5, 5.41) is -0.401. The Hall–Kier alpha value is -4.43. The van der Waals surface area contributed by atoms with Gasteiger partial charge in [0.2, 0.25) is 0 Å². The third-order valence-electron chi connectivity index (χ3n) is 8.35. The number of carbonyl (C=O) groups is 1. The van der Waals surface area contributed by atoms with Crippen LogP contribution in [-0.4, -0.2) is 89.0 Å². The highest BCUT2D eigenvalue weighted by atomic mass is 32.1. The lowest BCUT2D eigenvalue weighted by molar-refractivity contribution is -0.137. The van der Waals surface area contributed by atoms with Crippen molar-refractivity contribution in [2.24, 2.45) is 0 Å². The highest BCUT2D eigenvalue weighted by Gasteiger charge is 2.39. The first kappa shape index (κ1) is 33.5. The molecular weight excluding hydrogens is 667 g/mol. The van der Waals surface area contributed by atoms with E-state index in [0.717, 1.165) is 18.2 Å². The molecule has 17 heteroatoms. The van der Waals surface area contributed by atoms with Crippen molar-refractivity contribution in [3.05, 3.63) is 35.4 Å². The monoisotopic (exact) mass is 695 g/mol. The lowest BCUT2D eigenvalue weighted by Crippen LogP contribution is -2.48. The number of amides is 1. The van der Waals surface area contributed by atoms with Crippen molar-refractivity contribution in [1.29, 1.82) is 0 Å². The van der Waals surface area contributed by atoms with Crippen molar-refractivity contribution < 1.29 is 40.3 Å². The number of halogens is 7. The third-order valence-corrected chi connectivity index (χ3v) is 9.24. The largest absolute Gasteiger partial charge is 0.462 e. The molecule has 0 aliphatic carbocycles. The SMILES string of the molecule is CC#CC(=O)N1CCN(c2nc(OCC3CCCN3CC(F)F)nc3c(F)c(-c4ccc(F)c5sc(N)nc45)c(C(F)(F)F)cc23)CC1. The van der Waals surface area contributed by atoms with Crippen molar-refractivity contribution in [1.82, 2.24) is 24.8 Å². The molecule has 4 aromatic rings. The van der Waals surface area contributed by atoms with Crippen LogP contribution in [-0.2, 0) is 11.0 Å². The number of thiazole rings is 1. The maximum atomic E-state index is 16.7. The molecular formula is C31H28F7N7O2S. The highest BCUT2D eigenvalue weighted by molar-refractivity contribution is 7.22. The van der Waals surface area contributed by atoms with Gasteiger partial charge < -0.3 is 20.3 Å². The third kappa shape index (κ3) is 6.50. The van der Waals surface area contributed by atoms with Crippen LogP contribution in [0.15, 0.2) is 18.2 Å². The van der Waals surface area contributed by atoms with Gasteiger partial charge in [-0.05, 0) is 50.4 Å². The number of carbonyl (C=O) groups excluding carboxylic acids is 1. The van der Waals surface area contributed by atoms with E-state index in [-0.39, 0.29) is 70.9 Å². The van der Waals surface area contributed by atoms with Crippen molar-refractivity contribution in [3.63, 3.8) is 0 Å². The average Bonchev–Trinajstić information content (AvgIpc) is 3.66. The van der Waals surface area contributed by atoms with Gasteiger partial charge >= 0.3 is 12.2 Å². The minimum Gasteiger partial charge on any atom is -0.462 e. The number of aromatic nitrogens is 3. The van der Waals surface area contributed by atoms with E-state index in [2.05, 4.69) is 26.8 Å². The molecule has 0 spiro atoms. The van der Waals surface area contributed by atoms with Crippen LogP contribution in [0.4, 0.5) is 41.7 Å². The Balaban J connectivity index is 1.49. The molecule has 0 bridgehead atoms. The standard InChI is InChI=1S/C31H28F7N7O2S/c1-2-4-22(46)43-9-11-44(12-10-43)28-18-13-19(31(36,37)38)23(17-6-7-20(32)27-26(17)40-29(39)48-27)24(35)25(18)41-30(42-28)47-15-16-5-3-8-45(16)14-21(33)34/h6-7,13,16,21H,3,5,8-12,14-15H2,1H3,(H2,39,40). The van der Waals surface area contributed by atoms with Gasteiger partial charge in [0.15, 0.2) is 10.9 Å². The summed E-state index contributed by atoms with van der Waals surface area (Å²) in [6.07, 6.45) is -6.44. The number of nitrogen functional groups attached to an aromatic ring is 1. The number of hydrogen-bond acceptors (Lipinski definition) is 9. The molecule has 2 aromatic carbocycles. The van der Waals surface area contributed by atoms with E-state index in [4.69, 9.17) is 10.5 Å². The molecule has 6 rings (SSSR count). The minimum absolute atomic E-state index is 0.0716. The number of piperazine rings is 1. The molecule has 1 unspecified atom stereocenters. The van der Waals surface area contributed by atoms with Gasteiger partial charge in [0.05, 0.1) is 22.3 Å². The number of likely N-dealkylation sites (tertiary alicyclic amines) is 1. The van der Waals surface area contributed by atoms with Crippen molar-refractivity contribution in [2.75, 3.05) is 56.5 Å². The maximum Gasteiger partial charge on any atom is 0.417 e. The van der Waals surface area contributed by atoms with Crippen molar-refractivity contribution in [3.8, 4) is 29.0 Å². The quantitative estimate of drug-likeness (QED) is 0.198. The summed E-state index contributed by atoms with van der Waals surface area (Å²) in [7, 11) is 0. The van der Waals surface area contributed by atoms with Gasteiger partial charge in [0.25, 0.3) is 12.3 Å². The second-order valence-corrected chi connectivity index (χ2v) is 12.3. The molecule has 0 radical (unpaired) electrons. The first-order chi connectivity index (χ1) is 22.8. The molecule has 1 atom stereocenters. The Labute approximate surface area is 273 Å². The predicted octanol–water partition coefficient (Wildman–Crippen LogP) is 5.57. The smallest absolute Gasteiger partial charge is 0.417 e. The van der Waals surface area contributed by atoms with E-state index in [1.54, 1.807) is 9.80 Å². The Kier molecular flexibility index (Phi) is 9.22. The number of nitrogens with zero attached hydrogens (tertiary/aromatic N) is 6. The topological polar surface area (TPSA) is 101 Å². The number of benzene rings is 2. The van der Waals surface area contributed by atoms with E-state index in [1.807, 2.05) is 0 Å². The zero-order valence-corrected chi connectivity index (χ0v) is 26.2. The summed E-state index contributed by atoms with van der Waals surface area (Å²) in [6, 6.07) is 1.87. The molecule has 2 aliphatic rings. The van der Waals surface area contributed by atoms with Gasteiger partial charge in [-0.25, -0.2) is 22.5 Å². The Morgan fingerprint density at radius 1 is 1.10 bits per heavy atom. The average molecular weight is 696 g/mol.